The molecule has 0 aromatic heterocycles. The van der Waals surface area contributed by atoms with Crippen LogP contribution in [0.4, 0.5) is 17.1 Å². The summed E-state index contributed by atoms with van der Waals surface area (Å²) in [6, 6.07) is 92.9. The second-order valence-electron chi connectivity index (χ2n) is 20.7. The lowest BCUT2D eigenvalue weighted by Crippen LogP contribution is -2.14. The largest absolute Gasteiger partial charge is 0.310 e. The first-order chi connectivity index (χ1) is 36.5. The van der Waals surface area contributed by atoms with E-state index in [1.165, 1.54) is 127 Å². The summed E-state index contributed by atoms with van der Waals surface area (Å²) < 4.78 is 0. The fraction of sp³-hybridized carbons (Fsp3) is 0.0685. The maximum absolute atomic E-state index is 2.48. The number of rotatable bonds is 8. The number of fused-ring (bicyclic) bond motifs is 10. The molecule has 0 bridgehead atoms. The molecule has 350 valence electrons. The molecule has 0 atom stereocenters. The summed E-state index contributed by atoms with van der Waals surface area (Å²) >= 11 is 0. The Hall–Kier alpha value is -9.04. The number of hydrogen-bond donors (Lipinski definition) is 0. The molecule has 12 aromatic rings. The summed E-state index contributed by atoms with van der Waals surface area (Å²) in [5.74, 6) is 0. The highest BCUT2D eigenvalue weighted by Crippen LogP contribution is 2.53. The van der Waals surface area contributed by atoms with Gasteiger partial charge in [-0.1, -0.05) is 220 Å². The monoisotopic (exact) mass is 943 g/mol. The number of allylic oxidation sites excluding steroid dienone is 1. The van der Waals surface area contributed by atoms with Crippen molar-refractivity contribution < 1.29 is 0 Å². The van der Waals surface area contributed by atoms with Crippen LogP contribution in [0.3, 0.4) is 0 Å². The van der Waals surface area contributed by atoms with Crippen molar-refractivity contribution in [1.82, 2.24) is 0 Å². The van der Waals surface area contributed by atoms with E-state index in [1.54, 1.807) is 0 Å². The van der Waals surface area contributed by atoms with E-state index in [2.05, 4.69) is 280 Å². The zero-order valence-corrected chi connectivity index (χ0v) is 41.7. The zero-order valence-electron chi connectivity index (χ0n) is 41.7. The van der Waals surface area contributed by atoms with Crippen LogP contribution >= 0.6 is 0 Å². The second-order valence-corrected chi connectivity index (χ2v) is 20.7. The van der Waals surface area contributed by atoms with Gasteiger partial charge in [0.2, 0.25) is 0 Å². The Labute approximate surface area is 434 Å². The molecule has 0 unspecified atom stereocenters. The predicted octanol–water partition coefficient (Wildman–Crippen LogP) is 20.2. The highest BCUT2D eigenvalue weighted by atomic mass is 15.1. The Morgan fingerprint density at radius 1 is 0.351 bits per heavy atom. The molecule has 0 aliphatic heterocycles. The molecule has 0 radical (unpaired) electrons. The number of anilines is 3. The topological polar surface area (TPSA) is 3.24 Å². The maximum Gasteiger partial charge on any atom is 0.0536 e. The minimum atomic E-state index is -0.0997. The Bertz CT molecular complexity index is 4170. The summed E-state index contributed by atoms with van der Waals surface area (Å²) in [5, 5.41) is 7.48. The molecule has 12 aromatic carbocycles. The van der Waals surface area contributed by atoms with E-state index in [1.807, 2.05) is 0 Å². The zero-order chi connectivity index (χ0) is 49.3. The van der Waals surface area contributed by atoms with Crippen molar-refractivity contribution >= 4 is 55.5 Å². The first-order valence-electron chi connectivity index (χ1n) is 26.1. The number of hydrogen-bond acceptors (Lipinski definition) is 1. The van der Waals surface area contributed by atoms with Crippen LogP contribution in [0.5, 0.6) is 0 Å². The molecule has 1 nitrogen and oxygen atoms in total. The lowest BCUT2D eigenvalue weighted by Gasteiger charge is -2.29. The predicted molar refractivity (Wildman–Crippen MR) is 316 cm³/mol. The van der Waals surface area contributed by atoms with Gasteiger partial charge < -0.3 is 4.90 Å². The van der Waals surface area contributed by atoms with Gasteiger partial charge in [0, 0.05) is 22.4 Å². The second kappa shape index (κ2) is 17.6. The highest BCUT2D eigenvalue weighted by molar-refractivity contribution is 6.33. The molecular weight excluding hydrogens is 891 g/mol. The summed E-state index contributed by atoms with van der Waals surface area (Å²) in [4.78, 5) is 2.43. The van der Waals surface area contributed by atoms with Crippen molar-refractivity contribution in [3.63, 3.8) is 0 Å². The van der Waals surface area contributed by atoms with Gasteiger partial charge in [0.25, 0.3) is 0 Å². The fourth-order valence-electron chi connectivity index (χ4n) is 12.5. The normalized spacial score (nSPS) is 13.2. The molecule has 0 spiro atoms. The third-order valence-electron chi connectivity index (χ3n) is 16.1. The molecule has 0 saturated heterocycles. The van der Waals surface area contributed by atoms with E-state index in [4.69, 9.17) is 0 Å². The van der Waals surface area contributed by atoms with Crippen LogP contribution in [-0.4, -0.2) is 0 Å². The number of aryl methyl sites for hydroxylation is 1. The average Bonchev–Trinajstić information content (AvgIpc) is 3.71. The van der Waals surface area contributed by atoms with Crippen LogP contribution in [0.15, 0.2) is 255 Å². The minimum absolute atomic E-state index is 0.0997. The van der Waals surface area contributed by atoms with Gasteiger partial charge in [0.1, 0.15) is 0 Å². The van der Waals surface area contributed by atoms with E-state index in [9.17, 15) is 0 Å². The van der Waals surface area contributed by atoms with E-state index in [0.29, 0.717) is 0 Å². The number of para-hydroxylation sites is 1. The Morgan fingerprint density at radius 3 is 1.61 bits per heavy atom. The van der Waals surface area contributed by atoms with E-state index in [-0.39, 0.29) is 5.41 Å². The van der Waals surface area contributed by atoms with Gasteiger partial charge in [-0.15, -0.1) is 0 Å². The molecular formula is C73H53N. The van der Waals surface area contributed by atoms with Gasteiger partial charge >= 0.3 is 0 Å². The smallest absolute Gasteiger partial charge is 0.0536 e. The van der Waals surface area contributed by atoms with E-state index < -0.39 is 0 Å². The molecule has 0 amide bonds. The molecule has 2 aliphatic rings. The minimum Gasteiger partial charge on any atom is -0.310 e. The van der Waals surface area contributed by atoms with Gasteiger partial charge in [0.15, 0.2) is 0 Å². The summed E-state index contributed by atoms with van der Waals surface area (Å²) in [6.07, 6.45) is 6.75. The van der Waals surface area contributed by atoms with E-state index in [0.717, 1.165) is 24.2 Å². The molecule has 14 rings (SSSR count). The van der Waals surface area contributed by atoms with Gasteiger partial charge in [-0.25, -0.2) is 0 Å². The van der Waals surface area contributed by atoms with Crippen LogP contribution in [0.2, 0.25) is 0 Å². The highest BCUT2D eigenvalue weighted by Gasteiger charge is 2.35. The Morgan fingerprint density at radius 2 is 0.892 bits per heavy atom. The van der Waals surface area contributed by atoms with Crippen LogP contribution in [-0.2, 0) is 11.8 Å². The molecule has 74 heavy (non-hydrogen) atoms. The van der Waals surface area contributed by atoms with Gasteiger partial charge in [-0.05, 0) is 183 Å². The van der Waals surface area contributed by atoms with Crippen LogP contribution in [0, 0.1) is 0 Å². The number of benzene rings is 12. The summed E-state index contributed by atoms with van der Waals surface area (Å²) in [5.41, 5.74) is 23.6. The third-order valence-corrected chi connectivity index (χ3v) is 16.1. The van der Waals surface area contributed by atoms with E-state index >= 15 is 0 Å². The lowest BCUT2D eigenvalue weighted by molar-refractivity contribution is 0.660. The first kappa shape index (κ1) is 43.7. The molecule has 0 saturated carbocycles. The molecule has 0 heterocycles. The molecule has 1 heteroatoms. The van der Waals surface area contributed by atoms with Gasteiger partial charge in [-0.2, -0.15) is 0 Å². The lowest BCUT2D eigenvalue weighted by atomic mass is 9.80. The SMILES string of the molecule is CC1(C)c2ccccc2-c2ccc(-c3ccc4c(c3)c3cc(-c5ccccc5)ccc3c3c(-c5ccc(N(c6ccccc6)c6cccc7c6C=CCC7)cc5)cc(-c5ccccc5)c(-c5ccccc5)c43)cc21. The van der Waals surface area contributed by atoms with Gasteiger partial charge in [0.05, 0.1) is 5.69 Å². The standard InChI is InChI=1S/C73H53N/c1-73(2)67-32-18-17-31-59(67)60-41-36-55(46-68(60)73)54-38-43-62-66(45-54)65-44-53(48-20-7-3-8-21-48)37-42-61(65)71-64(47-63(50-22-9-4-10-23-50)70(72(62)71)52-25-11-5-12-26-52)51-34-39-57(40-35-51)74(56-28-13-6-14-29-56)69-33-19-27-49-24-15-16-30-58(49)69/h3-14,16-23,25-47H,15,24H2,1-2H3. The average molecular weight is 944 g/mol. The van der Waals surface area contributed by atoms with Gasteiger partial charge in [-0.3, -0.25) is 0 Å². The van der Waals surface area contributed by atoms with Crippen LogP contribution in [0.1, 0.15) is 42.5 Å². The van der Waals surface area contributed by atoms with Crippen molar-refractivity contribution in [3.05, 3.63) is 277 Å². The number of nitrogens with zero attached hydrogens (tertiary/aromatic N) is 1. The Balaban J connectivity index is 1.05. The van der Waals surface area contributed by atoms with Crippen molar-refractivity contribution in [3.8, 4) is 66.8 Å². The molecule has 2 aliphatic carbocycles. The quantitative estimate of drug-likeness (QED) is 0.137. The van der Waals surface area contributed by atoms with Crippen molar-refractivity contribution in [1.29, 1.82) is 0 Å². The fourth-order valence-corrected chi connectivity index (χ4v) is 12.5. The maximum atomic E-state index is 2.48. The van der Waals surface area contributed by atoms with Crippen molar-refractivity contribution in [2.45, 2.75) is 32.1 Å². The summed E-state index contributed by atoms with van der Waals surface area (Å²) in [7, 11) is 0. The third kappa shape index (κ3) is 7.14. The van der Waals surface area contributed by atoms with Crippen molar-refractivity contribution in [2.24, 2.45) is 0 Å². The van der Waals surface area contributed by atoms with Crippen LogP contribution in [0.25, 0.3) is 105 Å². The Kier molecular flexibility index (Phi) is 10.4. The molecule has 0 fully saturated rings. The van der Waals surface area contributed by atoms with Crippen molar-refractivity contribution in [2.75, 3.05) is 4.90 Å². The molecule has 0 N–H and O–H groups in total. The van der Waals surface area contributed by atoms with Crippen LogP contribution < -0.4 is 4.90 Å². The summed E-state index contributed by atoms with van der Waals surface area (Å²) in [6.45, 7) is 4.75. The first-order valence-corrected chi connectivity index (χ1v) is 26.1.